The quantitative estimate of drug-likeness (QED) is 0.576. The summed E-state index contributed by atoms with van der Waals surface area (Å²) in [6.07, 6.45) is 2.05. The fourth-order valence-corrected chi connectivity index (χ4v) is 1.41. The molecule has 1 heterocycles. The van der Waals surface area contributed by atoms with Crippen molar-refractivity contribution in [2.24, 2.45) is 0 Å². The highest BCUT2D eigenvalue weighted by molar-refractivity contribution is 5.90. The van der Waals surface area contributed by atoms with Crippen LogP contribution in [0.15, 0.2) is 27.9 Å². The Balaban J connectivity index is 3.28. The van der Waals surface area contributed by atoms with Gasteiger partial charge in [-0.25, -0.2) is 9.59 Å². The predicted octanol–water partition coefficient (Wildman–Crippen LogP) is 1.85. The molecule has 0 aliphatic heterocycles. The Labute approximate surface area is 93.5 Å². The summed E-state index contributed by atoms with van der Waals surface area (Å²) >= 11 is 0. The van der Waals surface area contributed by atoms with Gasteiger partial charge in [0, 0.05) is 0 Å². The average Bonchev–Trinajstić information content (AvgIpc) is 2.17. The molecule has 0 saturated carbocycles. The molecule has 86 valence electrons. The van der Waals surface area contributed by atoms with E-state index < -0.39 is 11.6 Å². The molecule has 4 heteroatoms. The minimum atomic E-state index is -0.657. The molecule has 0 aliphatic rings. The molecule has 0 radical (unpaired) electrons. The van der Waals surface area contributed by atoms with E-state index in [1.165, 1.54) is 0 Å². The van der Waals surface area contributed by atoms with E-state index in [0.29, 0.717) is 17.7 Å². The van der Waals surface area contributed by atoms with Gasteiger partial charge in [0.25, 0.3) is 0 Å². The Hall–Kier alpha value is -1.84. The van der Waals surface area contributed by atoms with Crippen molar-refractivity contribution >= 4 is 5.97 Å². The smallest absolute Gasteiger partial charge is 0.350 e. The molecule has 0 aromatic carbocycles. The Kier molecular flexibility index (Phi) is 4.05. The van der Waals surface area contributed by atoms with Gasteiger partial charge in [-0.2, -0.15) is 0 Å². The summed E-state index contributed by atoms with van der Waals surface area (Å²) in [5.41, 5.74) is -0.107. The van der Waals surface area contributed by atoms with Crippen LogP contribution in [0.4, 0.5) is 0 Å². The zero-order valence-electron chi connectivity index (χ0n) is 9.41. The average molecular weight is 222 g/mol. The van der Waals surface area contributed by atoms with Gasteiger partial charge in [0.1, 0.15) is 11.3 Å². The van der Waals surface area contributed by atoms with Crippen molar-refractivity contribution in [2.45, 2.75) is 20.3 Å². The molecular weight excluding hydrogens is 208 g/mol. The molecule has 1 aromatic rings. The van der Waals surface area contributed by atoms with Gasteiger partial charge in [-0.3, -0.25) is 0 Å². The Morgan fingerprint density at radius 1 is 1.62 bits per heavy atom. The van der Waals surface area contributed by atoms with Gasteiger partial charge in [-0.15, -0.1) is 6.58 Å². The zero-order chi connectivity index (χ0) is 12.1. The molecule has 0 amide bonds. The van der Waals surface area contributed by atoms with E-state index >= 15 is 0 Å². The maximum atomic E-state index is 11.6. The standard InChI is InChI=1S/C12H14O4/c1-4-6-9-7-8(3)16-12(14)10(9)11(13)15-5-2/h4,7H,1,5-6H2,2-3H3. The maximum absolute atomic E-state index is 11.6. The fraction of sp³-hybridized carbons (Fsp3) is 0.333. The second-order valence-corrected chi connectivity index (χ2v) is 3.26. The van der Waals surface area contributed by atoms with Crippen molar-refractivity contribution in [2.75, 3.05) is 6.61 Å². The summed E-state index contributed by atoms with van der Waals surface area (Å²) in [5.74, 6) is -0.178. The number of ether oxygens (including phenoxy) is 1. The first-order valence-corrected chi connectivity index (χ1v) is 5.01. The van der Waals surface area contributed by atoms with Crippen LogP contribution in [0.25, 0.3) is 0 Å². The minimum absolute atomic E-state index is 0.0349. The van der Waals surface area contributed by atoms with Crippen molar-refractivity contribution in [1.29, 1.82) is 0 Å². The Morgan fingerprint density at radius 2 is 2.31 bits per heavy atom. The molecule has 0 N–H and O–H groups in total. The summed E-state index contributed by atoms with van der Waals surface area (Å²) in [6, 6.07) is 1.65. The molecule has 0 fully saturated rings. The van der Waals surface area contributed by atoms with E-state index in [1.54, 1.807) is 26.0 Å². The second-order valence-electron chi connectivity index (χ2n) is 3.26. The van der Waals surface area contributed by atoms with Crippen molar-refractivity contribution in [1.82, 2.24) is 0 Å². The number of allylic oxidation sites excluding steroid dienone is 1. The van der Waals surface area contributed by atoms with Crippen LogP contribution >= 0.6 is 0 Å². The van der Waals surface area contributed by atoms with Crippen LogP contribution in [0.1, 0.15) is 28.6 Å². The molecule has 0 atom stereocenters. The highest BCUT2D eigenvalue weighted by Gasteiger charge is 2.18. The number of esters is 1. The van der Waals surface area contributed by atoms with E-state index in [1.807, 2.05) is 0 Å². The molecular formula is C12H14O4. The van der Waals surface area contributed by atoms with Gasteiger partial charge in [0.2, 0.25) is 0 Å². The molecule has 0 bridgehead atoms. The SMILES string of the molecule is C=CCc1cc(C)oc(=O)c1C(=O)OCC. The number of rotatable bonds is 4. The molecule has 1 aromatic heterocycles. The summed E-state index contributed by atoms with van der Waals surface area (Å²) in [4.78, 5) is 23.1. The maximum Gasteiger partial charge on any atom is 0.350 e. The molecule has 0 spiro atoms. The predicted molar refractivity (Wildman–Crippen MR) is 59.6 cm³/mol. The van der Waals surface area contributed by atoms with Gasteiger partial charge in [0.05, 0.1) is 6.61 Å². The third-order valence-electron chi connectivity index (χ3n) is 2.00. The Bertz CT molecular complexity index is 457. The first-order chi connectivity index (χ1) is 7.60. The lowest BCUT2D eigenvalue weighted by molar-refractivity contribution is 0.0519. The number of aryl methyl sites for hydroxylation is 1. The fourth-order valence-electron chi connectivity index (χ4n) is 1.41. The highest BCUT2D eigenvalue weighted by Crippen LogP contribution is 2.10. The zero-order valence-corrected chi connectivity index (χ0v) is 9.41. The van der Waals surface area contributed by atoms with Gasteiger partial charge in [-0.1, -0.05) is 6.08 Å². The van der Waals surface area contributed by atoms with E-state index in [9.17, 15) is 9.59 Å². The van der Waals surface area contributed by atoms with E-state index in [2.05, 4.69) is 6.58 Å². The first kappa shape index (κ1) is 12.2. The van der Waals surface area contributed by atoms with Gasteiger partial charge >= 0.3 is 11.6 Å². The summed E-state index contributed by atoms with van der Waals surface area (Å²) in [5, 5.41) is 0. The second kappa shape index (κ2) is 5.30. The topological polar surface area (TPSA) is 56.5 Å². The van der Waals surface area contributed by atoms with Gasteiger partial charge in [-0.05, 0) is 31.9 Å². The molecule has 1 rings (SSSR count). The monoisotopic (exact) mass is 222 g/mol. The van der Waals surface area contributed by atoms with Crippen LogP contribution in [0, 0.1) is 6.92 Å². The van der Waals surface area contributed by atoms with Crippen LogP contribution in [-0.2, 0) is 11.2 Å². The van der Waals surface area contributed by atoms with Gasteiger partial charge < -0.3 is 9.15 Å². The summed E-state index contributed by atoms with van der Waals surface area (Å²) in [6.45, 7) is 7.14. The normalized spacial score (nSPS) is 9.88. The third kappa shape index (κ3) is 2.59. The first-order valence-electron chi connectivity index (χ1n) is 5.01. The molecule has 16 heavy (non-hydrogen) atoms. The summed E-state index contributed by atoms with van der Waals surface area (Å²) in [7, 11) is 0. The van der Waals surface area contributed by atoms with Crippen molar-refractivity contribution < 1.29 is 13.9 Å². The Morgan fingerprint density at radius 3 is 2.88 bits per heavy atom. The van der Waals surface area contributed by atoms with E-state index in [0.717, 1.165) is 0 Å². The number of hydrogen-bond donors (Lipinski definition) is 0. The van der Waals surface area contributed by atoms with Crippen LogP contribution in [0.5, 0.6) is 0 Å². The van der Waals surface area contributed by atoms with Crippen molar-refractivity contribution in [3.05, 3.63) is 46.0 Å². The summed E-state index contributed by atoms with van der Waals surface area (Å²) < 4.78 is 9.67. The van der Waals surface area contributed by atoms with Crippen molar-refractivity contribution in [3.8, 4) is 0 Å². The molecule has 0 unspecified atom stereocenters. The number of hydrogen-bond acceptors (Lipinski definition) is 4. The van der Waals surface area contributed by atoms with Gasteiger partial charge in [0.15, 0.2) is 0 Å². The molecule has 0 saturated heterocycles. The van der Waals surface area contributed by atoms with E-state index in [-0.39, 0.29) is 12.2 Å². The lowest BCUT2D eigenvalue weighted by Gasteiger charge is -2.06. The van der Waals surface area contributed by atoms with Crippen molar-refractivity contribution in [3.63, 3.8) is 0 Å². The third-order valence-corrected chi connectivity index (χ3v) is 2.00. The van der Waals surface area contributed by atoms with Crippen LogP contribution in [-0.4, -0.2) is 12.6 Å². The van der Waals surface area contributed by atoms with E-state index in [4.69, 9.17) is 9.15 Å². The highest BCUT2D eigenvalue weighted by atomic mass is 16.5. The largest absolute Gasteiger partial charge is 0.462 e. The minimum Gasteiger partial charge on any atom is -0.462 e. The molecule has 4 nitrogen and oxygen atoms in total. The van der Waals surface area contributed by atoms with Crippen LogP contribution in [0.3, 0.4) is 0 Å². The lowest BCUT2D eigenvalue weighted by Crippen LogP contribution is -2.20. The van der Waals surface area contributed by atoms with Crippen LogP contribution < -0.4 is 5.63 Å². The van der Waals surface area contributed by atoms with Crippen LogP contribution in [0.2, 0.25) is 0 Å². The lowest BCUT2D eigenvalue weighted by atomic mass is 10.1. The number of carbonyl (C=O) groups excluding carboxylic acids is 1. The number of carbonyl (C=O) groups is 1. The molecule has 0 aliphatic carbocycles.